The van der Waals surface area contributed by atoms with E-state index in [1.165, 1.54) is 24.0 Å². The third-order valence-corrected chi connectivity index (χ3v) is 6.80. The van der Waals surface area contributed by atoms with Crippen LogP contribution in [0.2, 0.25) is 0 Å². The van der Waals surface area contributed by atoms with Gasteiger partial charge < -0.3 is 19.9 Å². The fraction of sp³-hybridized carbons (Fsp3) is 0.667. The Kier molecular flexibility index (Phi) is 9.61. The molecule has 4 rings (SSSR count). The van der Waals surface area contributed by atoms with E-state index in [9.17, 15) is 4.79 Å². The predicted molar refractivity (Wildman–Crippen MR) is 139 cm³/mol. The molecule has 3 heterocycles. The third-order valence-electron chi connectivity index (χ3n) is 6.80. The van der Waals surface area contributed by atoms with Crippen molar-refractivity contribution in [3.05, 3.63) is 35.4 Å². The maximum atomic E-state index is 12.6. The van der Waals surface area contributed by atoms with E-state index in [1.807, 2.05) is 11.9 Å². The van der Waals surface area contributed by atoms with E-state index in [4.69, 9.17) is 4.74 Å². The lowest BCUT2D eigenvalue weighted by molar-refractivity contribution is -0.142. The van der Waals surface area contributed by atoms with Gasteiger partial charge in [-0.25, -0.2) is 0 Å². The Morgan fingerprint density at radius 3 is 2.31 bits per heavy atom. The number of hydrogen-bond acceptors (Lipinski definition) is 4. The Balaban J connectivity index is 0.00000289. The summed E-state index contributed by atoms with van der Waals surface area (Å²) in [4.78, 5) is 24.0. The molecule has 8 heteroatoms. The van der Waals surface area contributed by atoms with E-state index in [-0.39, 0.29) is 36.0 Å². The highest BCUT2D eigenvalue weighted by Crippen LogP contribution is 2.25. The molecule has 0 bridgehead atoms. The Morgan fingerprint density at radius 2 is 1.72 bits per heavy atom. The van der Waals surface area contributed by atoms with Crippen LogP contribution in [-0.2, 0) is 9.53 Å². The van der Waals surface area contributed by atoms with E-state index >= 15 is 0 Å². The van der Waals surface area contributed by atoms with Crippen molar-refractivity contribution in [2.45, 2.75) is 44.8 Å². The monoisotopic (exact) mass is 555 g/mol. The maximum absolute atomic E-state index is 12.6. The van der Waals surface area contributed by atoms with Crippen LogP contribution in [0.25, 0.3) is 0 Å². The van der Waals surface area contributed by atoms with Crippen LogP contribution in [-0.4, -0.2) is 92.1 Å². The van der Waals surface area contributed by atoms with Crippen LogP contribution in [0.15, 0.2) is 29.3 Å². The van der Waals surface area contributed by atoms with Crippen molar-refractivity contribution in [2.75, 3.05) is 59.5 Å². The number of aliphatic imine (C=N–C) groups is 1. The molecular formula is C24H38IN5O2. The molecule has 0 radical (unpaired) electrons. The summed E-state index contributed by atoms with van der Waals surface area (Å²) in [5.74, 6) is 1.09. The van der Waals surface area contributed by atoms with Crippen molar-refractivity contribution < 1.29 is 9.53 Å². The zero-order valence-electron chi connectivity index (χ0n) is 19.5. The lowest BCUT2D eigenvalue weighted by atomic mass is 10.0. The Hall–Kier alpha value is -1.39. The van der Waals surface area contributed by atoms with Crippen molar-refractivity contribution in [3.63, 3.8) is 0 Å². The average molecular weight is 556 g/mol. The second kappa shape index (κ2) is 12.2. The second-order valence-electron chi connectivity index (χ2n) is 8.91. The molecule has 0 aromatic heterocycles. The van der Waals surface area contributed by atoms with Gasteiger partial charge in [0, 0.05) is 46.4 Å². The van der Waals surface area contributed by atoms with Crippen LogP contribution in [0.3, 0.4) is 0 Å². The van der Waals surface area contributed by atoms with Gasteiger partial charge >= 0.3 is 0 Å². The Morgan fingerprint density at radius 1 is 1.06 bits per heavy atom. The fourth-order valence-corrected chi connectivity index (χ4v) is 4.93. The molecule has 3 saturated heterocycles. The SMILES string of the molecule is CN=C(NCC(c1ccc(C)cc1)N1CCCC1)N1CCN(C(=O)C2CCCO2)CC1.I. The molecule has 32 heavy (non-hydrogen) atoms. The summed E-state index contributed by atoms with van der Waals surface area (Å²) < 4.78 is 5.58. The van der Waals surface area contributed by atoms with Crippen LogP contribution in [0, 0.1) is 6.92 Å². The molecule has 3 aliphatic heterocycles. The molecule has 3 fully saturated rings. The largest absolute Gasteiger partial charge is 0.368 e. The molecule has 7 nitrogen and oxygen atoms in total. The molecular weight excluding hydrogens is 517 g/mol. The molecule has 0 saturated carbocycles. The summed E-state index contributed by atoms with van der Waals surface area (Å²) in [6.07, 6.45) is 4.18. The predicted octanol–water partition coefficient (Wildman–Crippen LogP) is 2.65. The third kappa shape index (κ3) is 6.14. The summed E-state index contributed by atoms with van der Waals surface area (Å²) in [6, 6.07) is 9.29. The van der Waals surface area contributed by atoms with E-state index < -0.39 is 0 Å². The molecule has 2 atom stereocenters. The number of hydrogen-bond donors (Lipinski definition) is 1. The van der Waals surface area contributed by atoms with Gasteiger partial charge in [0.25, 0.3) is 5.91 Å². The van der Waals surface area contributed by atoms with Crippen LogP contribution >= 0.6 is 24.0 Å². The van der Waals surface area contributed by atoms with Gasteiger partial charge in [-0.05, 0) is 51.3 Å². The fourth-order valence-electron chi connectivity index (χ4n) is 4.93. The minimum atomic E-state index is -0.222. The summed E-state index contributed by atoms with van der Waals surface area (Å²) >= 11 is 0. The average Bonchev–Trinajstić information content (AvgIpc) is 3.52. The van der Waals surface area contributed by atoms with E-state index in [2.05, 4.69) is 51.3 Å². The van der Waals surface area contributed by atoms with Crippen LogP contribution < -0.4 is 5.32 Å². The van der Waals surface area contributed by atoms with Crippen LogP contribution in [0.1, 0.15) is 42.9 Å². The smallest absolute Gasteiger partial charge is 0.251 e. The van der Waals surface area contributed by atoms with E-state index in [0.717, 1.165) is 64.6 Å². The summed E-state index contributed by atoms with van der Waals surface area (Å²) in [7, 11) is 1.85. The van der Waals surface area contributed by atoms with Crippen molar-refractivity contribution in [3.8, 4) is 0 Å². The van der Waals surface area contributed by atoms with Crippen molar-refractivity contribution in [2.24, 2.45) is 4.99 Å². The first-order valence-corrected chi connectivity index (χ1v) is 11.8. The first-order chi connectivity index (χ1) is 15.2. The molecule has 0 aliphatic carbocycles. The second-order valence-corrected chi connectivity index (χ2v) is 8.91. The van der Waals surface area contributed by atoms with Gasteiger partial charge in [-0.2, -0.15) is 0 Å². The molecule has 1 N–H and O–H groups in total. The zero-order chi connectivity index (χ0) is 21.6. The van der Waals surface area contributed by atoms with Gasteiger partial charge in [-0.1, -0.05) is 29.8 Å². The molecule has 1 amide bonds. The highest BCUT2D eigenvalue weighted by Gasteiger charge is 2.31. The number of carbonyl (C=O) groups is 1. The quantitative estimate of drug-likeness (QED) is 0.344. The van der Waals surface area contributed by atoms with E-state index in [0.29, 0.717) is 12.6 Å². The Bertz CT molecular complexity index is 752. The lowest BCUT2D eigenvalue weighted by Crippen LogP contribution is -2.55. The van der Waals surface area contributed by atoms with Gasteiger partial charge in [-0.3, -0.25) is 14.7 Å². The normalized spacial score (nSPS) is 23.2. The lowest BCUT2D eigenvalue weighted by Gasteiger charge is -2.38. The van der Waals surface area contributed by atoms with Gasteiger partial charge in [-0.15, -0.1) is 24.0 Å². The first kappa shape index (κ1) is 25.2. The standard InChI is InChI=1S/C24H37N5O2.HI/c1-19-7-9-20(10-8-19)21(27-11-3-4-12-27)18-26-24(25-2)29-15-13-28(14-16-29)23(30)22-6-5-17-31-22;/h7-10,21-22H,3-6,11-18H2,1-2H3,(H,25,26);1H. The van der Waals surface area contributed by atoms with Gasteiger partial charge in [0.2, 0.25) is 0 Å². The van der Waals surface area contributed by atoms with Crippen molar-refractivity contribution >= 4 is 35.8 Å². The Labute approximate surface area is 209 Å². The number of halogens is 1. The molecule has 1 aromatic carbocycles. The summed E-state index contributed by atoms with van der Waals surface area (Å²) in [5.41, 5.74) is 2.66. The first-order valence-electron chi connectivity index (χ1n) is 11.8. The summed E-state index contributed by atoms with van der Waals surface area (Å²) in [6.45, 7) is 9.06. The van der Waals surface area contributed by atoms with E-state index in [1.54, 1.807) is 0 Å². The van der Waals surface area contributed by atoms with Crippen molar-refractivity contribution in [1.29, 1.82) is 0 Å². The number of carbonyl (C=O) groups excluding carboxylic acids is 1. The van der Waals surface area contributed by atoms with Gasteiger partial charge in [0.1, 0.15) is 6.10 Å². The number of benzene rings is 1. The zero-order valence-corrected chi connectivity index (χ0v) is 21.8. The number of rotatable bonds is 5. The molecule has 1 aromatic rings. The van der Waals surface area contributed by atoms with Crippen LogP contribution in [0.4, 0.5) is 0 Å². The number of likely N-dealkylation sites (tertiary alicyclic amines) is 1. The number of piperazine rings is 1. The van der Waals surface area contributed by atoms with Gasteiger partial charge in [0.05, 0.1) is 6.04 Å². The topological polar surface area (TPSA) is 60.4 Å². The maximum Gasteiger partial charge on any atom is 0.251 e. The number of nitrogens with one attached hydrogen (secondary N) is 1. The summed E-state index contributed by atoms with van der Waals surface area (Å²) in [5, 5.41) is 3.63. The highest BCUT2D eigenvalue weighted by molar-refractivity contribution is 14.0. The molecule has 3 aliphatic rings. The number of nitrogens with zero attached hydrogens (tertiary/aromatic N) is 4. The number of ether oxygens (including phenoxy) is 1. The van der Waals surface area contributed by atoms with Gasteiger partial charge in [0.15, 0.2) is 5.96 Å². The minimum absolute atomic E-state index is 0. The number of aryl methyl sites for hydroxylation is 1. The molecule has 0 spiro atoms. The molecule has 178 valence electrons. The highest BCUT2D eigenvalue weighted by atomic mass is 127. The minimum Gasteiger partial charge on any atom is -0.368 e. The number of guanidine groups is 1. The molecule has 2 unspecified atom stereocenters. The van der Waals surface area contributed by atoms with Crippen molar-refractivity contribution in [1.82, 2.24) is 20.0 Å². The van der Waals surface area contributed by atoms with Crippen LogP contribution in [0.5, 0.6) is 0 Å². The number of amides is 1.